The lowest BCUT2D eigenvalue weighted by Crippen LogP contribution is -2.33. The highest BCUT2D eigenvalue weighted by atomic mass is 32.2. The highest BCUT2D eigenvalue weighted by Gasteiger charge is 2.27. The molecule has 1 heterocycles. The van der Waals surface area contributed by atoms with Crippen molar-refractivity contribution in [1.29, 1.82) is 0 Å². The molecule has 1 fully saturated rings. The summed E-state index contributed by atoms with van der Waals surface area (Å²) in [4.78, 5) is 0. The van der Waals surface area contributed by atoms with E-state index in [1.807, 2.05) is 0 Å². The van der Waals surface area contributed by atoms with Crippen LogP contribution in [0.4, 0.5) is 0 Å². The quantitative estimate of drug-likeness (QED) is 0.592. The molecule has 1 aliphatic rings. The highest BCUT2D eigenvalue weighted by molar-refractivity contribution is 7.91. The fourth-order valence-corrected chi connectivity index (χ4v) is 3.43. The van der Waals surface area contributed by atoms with Gasteiger partial charge in [0.15, 0.2) is 9.84 Å². The summed E-state index contributed by atoms with van der Waals surface area (Å²) in [7, 11) is -6.89. The Kier molecular flexibility index (Phi) is 3.51. The van der Waals surface area contributed by atoms with Gasteiger partial charge >= 0.3 is 0 Å². The molecule has 0 aromatic rings. The van der Waals surface area contributed by atoms with Crippen molar-refractivity contribution < 1.29 is 21.4 Å². The summed E-state index contributed by atoms with van der Waals surface area (Å²) in [6.45, 7) is 0.0824. The van der Waals surface area contributed by atoms with Crippen LogP contribution in [0, 0.1) is 0 Å². The number of sulfone groups is 1. The molecule has 0 unspecified atom stereocenters. The molecule has 1 saturated heterocycles. The Hall–Kier alpha value is -0.180. The molecule has 0 amide bonds. The number of rotatable bonds is 4. The lowest BCUT2D eigenvalue weighted by molar-refractivity contribution is 0.477. The summed E-state index contributed by atoms with van der Waals surface area (Å²) in [5.74, 6) is -0.182. The maximum atomic E-state index is 11.0. The summed E-state index contributed by atoms with van der Waals surface area (Å²) < 4.78 is 51.1. The summed E-state index contributed by atoms with van der Waals surface area (Å²) in [6, 6.07) is -0.179. The van der Waals surface area contributed by atoms with Gasteiger partial charge in [-0.1, -0.05) is 0 Å². The summed E-state index contributed by atoms with van der Waals surface area (Å²) in [5.41, 5.74) is 0. The molecule has 14 heavy (non-hydrogen) atoms. The van der Waals surface area contributed by atoms with Gasteiger partial charge < -0.3 is 5.32 Å². The Morgan fingerprint density at radius 1 is 1.43 bits per heavy atom. The van der Waals surface area contributed by atoms with Crippen molar-refractivity contribution in [3.8, 4) is 0 Å². The molecule has 0 aliphatic carbocycles. The summed E-state index contributed by atoms with van der Waals surface area (Å²) in [6.07, 6.45) is 0.508. The summed E-state index contributed by atoms with van der Waals surface area (Å²) >= 11 is 0. The molecule has 0 aromatic heterocycles. The minimum atomic E-state index is -3.96. The van der Waals surface area contributed by atoms with E-state index in [4.69, 9.17) is 4.55 Å². The second kappa shape index (κ2) is 4.13. The van der Waals surface area contributed by atoms with Gasteiger partial charge in [-0.2, -0.15) is 8.42 Å². The van der Waals surface area contributed by atoms with Gasteiger partial charge in [0.1, 0.15) is 0 Å². The van der Waals surface area contributed by atoms with Crippen molar-refractivity contribution in [3.63, 3.8) is 0 Å². The van der Waals surface area contributed by atoms with Crippen molar-refractivity contribution >= 4 is 20.0 Å². The van der Waals surface area contributed by atoms with Crippen LogP contribution >= 0.6 is 0 Å². The molecule has 0 aromatic carbocycles. The van der Waals surface area contributed by atoms with E-state index in [0.29, 0.717) is 6.42 Å². The number of nitrogens with one attached hydrogen (secondary N) is 1. The zero-order valence-corrected chi connectivity index (χ0v) is 9.14. The Labute approximate surface area is 83.4 Å². The Morgan fingerprint density at radius 2 is 2.07 bits per heavy atom. The monoisotopic (exact) mass is 243 g/mol. The molecule has 0 bridgehead atoms. The minimum Gasteiger partial charge on any atom is -0.312 e. The first kappa shape index (κ1) is 11.9. The van der Waals surface area contributed by atoms with Crippen molar-refractivity contribution in [2.45, 2.75) is 12.5 Å². The maximum absolute atomic E-state index is 11.0. The molecule has 8 heteroatoms. The topological polar surface area (TPSA) is 101 Å². The first-order valence-electron chi connectivity index (χ1n) is 4.17. The van der Waals surface area contributed by atoms with Gasteiger partial charge in [0.2, 0.25) is 0 Å². The van der Waals surface area contributed by atoms with E-state index >= 15 is 0 Å². The van der Waals surface area contributed by atoms with E-state index in [1.54, 1.807) is 0 Å². The van der Waals surface area contributed by atoms with E-state index < -0.39 is 20.0 Å². The van der Waals surface area contributed by atoms with Crippen LogP contribution in [0.2, 0.25) is 0 Å². The first-order valence-corrected chi connectivity index (χ1v) is 7.60. The number of hydrogen-bond donors (Lipinski definition) is 2. The minimum absolute atomic E-state index is 0.0540. The molecule has 2 N–H and O–H groups in total. The van der Waals surface area contributed by atoms with Crippen LogP contribution in [0.25, 0.3) is 0 Å². The molecule has 0 saturated carbocycles. The molecule has 0 radical (unpaired) electrons. The first-order chi connectivity index (χ1) is 6.29. The average Bonchev–Trinajstić information content (AvgIpc) is 2.27. The van der Waals surface area contributed by atoms with E-state index in [0.717, 1.165) is 0 Å². The highest BCUT2D eigenvalue weighted by Crippen LogP contribution is 2.10. The van der Waals surface area contributed by atoms with Gasteiger partial charge in [0.05, 0.1) is 17.3 Å². The third-order valence-electron chi connectivity index (χ3n) is 2.03. The molecule has 0 spiro atoms. The lowest BCUT2D eigenvalue weighted by Gasteiger charge is -2.08. The fraction of sp³-hybridized carbons (Fsp3) is 1.00. The maximum Gasteiger partial charge on any atom is 0.266 e. The van der Waals surface area contributed by atoms with E-state index in [9.17, 15) is 16.8 Å². The standard InChI is InChI=1S/C6H13NO5S2/c8-13(9)3-1-6(5-13)7-2-4-14(10,11)12/h6-7H,1-5H2,(H,10,11,12)/t6-/m1/s1. The van der Waals surface area contributed by atoms with E-state index in [2.05, 4.69) is 5.32 Å². The Morgan fingerprint density at radius 3 is 2.50 bits per heavy atom. The van der Waals surface area contributed by atoms with Gasteiger partial charge in [0, 0.05) is 12.6 Å². The smallest absolute Gasteiger partial charge is 0.266 e. The zero-order valence-electron chi connectivity index (χ0n) is 7.51. The molecular formula is C6H13NO5S2. The van der Waals surface area contributed by atoms with Gasteiger partial charge in [-0.3, -0.25) is 4.55 Å². The van der Waals surface area contributed by atoms with Crippen molar-refractivity contribution in [3.05, 3.63) is 0 Å². The van der Waals surface area contributed by atoms with E-state index in [1.165, 1.54) is 0 Å². The fourth-order valence-electron chi connectivity index (χ4n) is 1.35. The van der Waals surface area contributed by atoms with Gasteiger partial charge in [0.25, 0.3) is 10.1 Å². The van der Waals surface area contributed by atoms with Gasteiger partial charge in [-0.15, -0.1) is 0 Å². The Balaban J connectivity index is 2.28. The molecule has 1 aliphatic heterocycles. The van der Waals surface area contributed by atoms with Crippen LogP contribution in [-0.2, 0) is 20.0 Å². The van der Waals surface area contributed by atoms with Gasteiger partial charge in [-0.25, -0.2) is 8.42 Å². The molecular weight excluding hydrogens is 230 g/mol. The van der Waals surface area contributed by atoms with Crippen LogP contribution in [0.5, 0.6) is 0 Å². The van der Waals surface area contributed by atoms with Crippen molar-refractivity contribution in [2.24, 2.45) is 0 Å². The predicted molar refractivity (Wildman–Crippen MR) is 51.5 cm³/mol. The predicted octanol–water partition coefficient (Wildman–Crippen LogP) is -1.35. The lowest BCUT2D eigenvalue weighted by atomic mass is 10.3. The second-order valence-electron chi connectivity index (χ2n) is 3.34. The molecule has 1 atom stereocenters. The van der Waals surface area contributed by atoms with Crippen molar-refractivity contribution in [2.75, 3.05) is 23.8 Å². The zero-order chi connectivity index (χ0) is 10.8. The SMILES string of the molecule is O=S(=O)(O)CCN[C@@H]1CCS(=O)(=O)C1. The second-order valence-corrected chi connectivity index (χ2v) is 7.14. The average molecular weight is 243 g/mol. The van der Waals surface area contributed by atoms with Crippen LogP contribution in [0.1, 0.15) is 6.42 Å². The third kappa shape index (κ3) is 4.36. The summed E-state index contributed by atoms with van der Waals surface area (Å²) in [5, 5.41) is 2.78. The van der Waals surface area contributed by atoms with Crippen LogP contribution in [0.3, 0.4) is 0 Å². The van der Waals surface area contributed by atoms with Crippen molar-refractivity contribution in [1.82, 2.24) is 5.32 Å². The third-order valence-corrected chi connectivity index (χ3v) is 4.51. The van der Waals surface area contributed by atoms with Crippen LogP contribution in [-0.4, -0.2) is 51.2 Å². The molecule has 84 valence electrons. The number of hydrogen-bond acceptors (Lipinski definition) is 5. The molecule has 6 nitrogen and oxygen atoms in total. The van der Waals surface area contributed by atoms with E-state index in [-0.39, 0.29) is 29.8 Å². The largest absolute Gasteiger partial charge is 0.312 e. The molecule has 1 rings (SSSR count). The van der Waals surface area contributed by atoms with Gasteiger partial charge in [-0.05, 0) is 6.42 Å². The normalized spacial score (nSPS) is 26.5. The Bertz CT molecular complexity index is 384. The van der Waals surface area contributed by atoms with Crippen LogP contribution < -0.4 is 5.32 Å². The van der Waals surface area contributed by atoms with Crippen LogP contribution in [0.15, 0.2) is 0 Å².